The number of rotatable bonds is 4. The topological polar surface area (TPSA) is 76.8 Å². The summed E-state index contributed by atoms with van der Waals surface area (Å²) in [5, 5.41) is 11.8. The Morgan fingerprint density at radius 1 is 1.10 bits per heavy atom. The van der Waals surface area contributed by atoms with Crippen molar-refractivity contribution in [3.05, 3.63) is 72.4 Å². The maximum Gasteiger partial charge on any atom is 0.253 e. The predicted molar refractivity (Wildman–Crippen MR) is 115 cm³/mol. The number of carbonyl (C=O) groups is 1. The first-order valence-corrected chi connectivity index (χ1v) is 10.0. The monoisotopic (exact) mass is 385 g/mol. The second kappa shape index (κ2) is 7.47. The third-order valence-corrected chi connectivity index (χ3v) is 5.56. The van der Waals surface area contributed by atoms with Crippen LogP contribution in [0.5, 0.6) is 0 Å². The van der Waals surface area contributed by atoms with E-state index in [9.17, 15) is 4.79 Å². The fourth-order valence-electron chi connectivity index (χ4n) is 4.06. The van der Waals surface area contributed by atoms with Crippen LogP contribution >= 0.6 is 0 Å². The summed E-state index contributed by atoms with van der Waals surface area (Å²) >= 11 is 0. The average Bonchev–Trinajstić information content (AvgIpc) is 3.42. The van der Waals surface area contributed by atoms with Gasteiger partial charge in [0.2, 0.25) is 0 Å². The van der Waals surface area contributed by atoms with Crippen LogP contribution in [0.15, 0.2) is 66.9 Å². The van der Waals surface area contributed by atoms with Gasteiger partial charge in [-0.25, -0.2) is 0 Å². The molecular weight excluding hydrogens is 362 g/mol. The second-order valence-electron chi connectivity index (χ2n) is 7.51. The molecule has 0 spiro atoms. The second-order valence-corrected chi connectivity index (χ2v) is 7.51. The van der Waals surface area contributed by atoms with Crippen molar-refractivity contribution >= 4 is 22.6 Å². The number of H-pyrrole nitrogens is 2. The lowest BCUT2D eigenvalue weighted by atomic mass is 10.0. The maximum atomic E-state index is 12.8. The van der Waals surface area contributed by atoms with E-state index >= 15 is 0 Å². The number of piperidine rings is 1. The lowest BCUT2D eigenvalue weighted by Crippen LogP contribution is -2.48. The van der Waals surface area contributed by atoms with E-state index < -0.39 is 0 Å². The van der Waals surface area contributed by atoms with Gasteiger partial charge in [0.05, 0.1) is 11.3 Å². The third-order valence-electron chi connectivity index (χ3n) is 5.56. The van der Waals surface area contributed by atoms with E-state index in [0.717, 1.165) is 53.9 Å². The van der Waals surface area contributed by atoms with Gasteiger partial charge in [-0.1, -0.05) is 48.5 Å². The van der Waals surface area contributed by atoms with Crippen molar-refractivity contribution in [2.24, 2.45) is 0 Å². The number of carbonyl (C=O) groups excluding carboxylic acids is 1. The number of benzene rings is 2. The zero-order chi connectivity index (χ0) is 19.6. The van der Waals surface area contributed by atoms with Crippen molar-refractivity contribution in [2.45, 2.75) is 18.9 Å². The fourth-order valence-corrected chi connectivity index (χ4v) is 4.06. The van der Waals surface area contributed by atoms with E-state index in [1.54, 1.807) is 6.20 Å². The van der Waals surface area contributed by atoms with Crippen LogP contribution in [0.3, 0.4) is 0 Å². The molecule has 6 heteroatoms. The third kappa shape index (κ3) is 3.49. The summed E-state index contributed by atoms with van der Waals surface area (Å²) in [4.78, 5) is 18.3. The van der Waals surface area contributed by atoms with Crippen LogP contribution in [0.4, 0.5) is 5.82 Å². The summed E-state index contributed by atoms with van der Waals surface area (Å²) in [6.07, 6.45) is 3.79. The van der Waals surface area contributed by atoms with Gasteiger partial charge in [-0.2, -0.15) is 5.10 Å². The molecule has 1 fully saturated rings. The molecule has 3 heterocycles. The lowest BCUT2D eigenvalue weighted by molar-refractivity contribution is 0.0935. The van der Waals surface area contributed by atoms with Gasteiger partial charge in [-0.3, -0.25) is 9.89 Å². The van der Waals surface area contributed by atoms with E-state index in [0.29, 0.717) is 5.56 Å². The number of aromatic nitrogens is 3. The Morgan fingerprint density at radius 3 is 2.83 bits per heavy atom. The number of fused-ring (bicyclic) bond motifs is 1. The number of anilines is 1. The molecule has 1 aliphatic rings. The zero-order valence-corrected chi connectivity index (χ0v) is 16.1. The Balaban J connectivity index is 1.29. The molecule has 0 saturated carbocycles. The summed E-state index contributed by atoms with van der Waals surface area (Å²) in [7, 11) is 0. The summed E-state index contributed by atoms with van der Waals surface area (Å²) in [5.74, 6) is 0.899. The van der Waals surface area contributed by atoms with Crippen molar-refractivity contribution in [3.8, 4) is 11.3 Å². The van der Waals surface area contributed by atoms with Crippen molar-refractivity contribution in [1.29, 1.82) is 0 Å². The first-order valence-electron chi connectivity index (χ1n) is 10.0. The van der Waals surface area contributed by atoms with Gasteiger partial charge in [0.25, 0.3) is 5.91 Å². The van der Waals surface area contributed by atoms with Crippen LogP contribution < -0.4 is 10.2 Å². The Labute approximate surface area is 168 Å². The molecule has 0 aliphatic carbocycles. The van der Waals surface area contributed by atoms with Crippen LogP contribution in [-0.2, 0) is 0 Å². The number of para-hydroxylation sites is 1. The highest BCUT2D eigenvalue weighted by Crippen LogP contribution is 2.24. The first-order chi connectivity index (χ1) is 14.3. The maximum absolute atomic E-state index is 12.8. The minimum Gasteiger partial charge on any atom is -0.360 e. The average molecular weight is 385 g/mol. The van der Waals surface area contributed by atoms with Gasteiger partial charge in [0, 0.05) is 42.3 Å². The minimum absolute atomic E-state index is 0.0266. The highest BCUT2D eigenvalue weighted by molar-refractivity contribution is 6.06. The van der Waals surface area contributed by atoms with Crippen LogP contribution in [0.1, 0.15) is 23.2 Å². The van der Waals surface area contributed by atoms with Crippen molar-refractivity contribution in [1.82, 2.24) is 20.5 Å². The Kier molecular flexibility index (Phi) is 4.52. The van der Waals surface area contributed by atoms with E-state index in [1.807, 2.05) is 42.5 Å². The van der Waals surface area contributed by atoms with Gasteiger partial charge < -0.3 is 15.2 Å². The molecule has 1 atom stereocenters. The molecule has 0 bridgehead atoms. The molecule has 3 N–H and O–H groups in total. The number of nitrogens with one attached hydrogen (secondary N) is 3. The number of aromatic amines is 2. The molecule has 1 saturated heterocycles. The molecule has 2 aromatic carbocycles. The number of hydrogen-bond acceptors (Lipinski definition) is 3. The van der Waals surface area contributed by atoms with Crippen LogP contribution in [0, 0.1) is 0 Å². The SMILES string of the molecule is O=C(N[C@H]1CCCN(c2cc(-c3ccccc3)[nH]n2)C1)c1c[nH]c2ccccc12. The summed E-state index contributed by atoms with van der Waals surface area (Å²) in [5.41, 5.74) is 3.80. The lowest BCUT2D eigenvalue weighted by Gasteiger charge is -2.33. The molecule has 1 amide bonds. The standard InChI is InChI=1S/C23H23N5O/c29-23(19-14-24-20-11-5-4-10-18(19)20)25-17-9-6-12-28(15-17)22-13-21(26-27-22)16-7-2-1-3-8-16/h1-5,7-8,10-11,13-14,17,24H,6,9,12,15H2,(H,25,29)(H,26,27)/t17-/m0/s1. The Hall–Kier alpha value is -3.54. The fraction of sp³-hybridized carbons (Fsp3) is 0.217. The van der Waals surface area contributed by atoms with Gasteiger partial charge in [-0.05, 0) is 24.5 Å². The molecule has 6 nitrogen and oxygen atoms in total. The van der Waals surface area contributed by atoms with Gasteiger partial charge in [0.1, 0.15) is 0 Å². The molecule has 0 unspecified atom stereocenters. The summed E-state index contributed by atoms with van der Waals surface area (Å²) in [6, 6.07) is 20.2. The molecule has 5 rings (SSSR count). The quantitative estimate of drug-likeness (QED) is 0.498. The molecule has 146 valence electrons. The predicted octanol–water partition coefficient (Wildman–Crippen LogP) is 3.96. The Morgan fingerprint density at radius 2 is 1.93 bits per heavy atom. The van der Waals surface area contributed by atoms with E-state index in [4.69, 9.17) is 0 Å². The zero-order valence-electron chi connectivity index (χ0n) is 16.1. The molecule has 29 heavy (non-hydrogen) atoms. The first kappa shape index (κ1) is 17.6. The summed E-state index contributed by atoms with van der Waals surface area (Å²) in [6.45, 7) is 1.70. The smallest absolute Gasteiger partial charge is 0.253 e. The number of amides is 1. The summed E-state index contributed by atoms with van der Waals surface area (Å²) < 4.78 is 0. The highest BCUT2D eigenvalue weighted by Gasteiger charge is 2.24. The van der Waals surface area contributed by atoms with Gasteiger partial charge >= 0.3 is 0 Å². The largest absolute Gasteiger partial charge is 0.360 e. The normalized spacial score (nSPS) is 16.8. The molecular formula is C23H23N5O. The van der Waals surface area contributed by atoms with Gasteiger partial charge in [0.15, 0.2) is 5.82 Å². The van der Waals surface area contributed by atoms with E-state index in [1.165, 1.54) is 0 Å². The van der Waals surface area contributed by atoms with Gasteiger partial charge in [-0.15, -0.1) is 0 Å². The van der Waals surface area contributed by atoms with Crippen LogP contribution in [0.25, 0.3) is 22.2 Å². The van der Waals surface area contributed by atoms with Crippen molar-refractivity contribution < 1.29 is 4.79 Å². The van der Waals surface area contributed by atoms with E-state index in [2.05, 4.69) is 43.6 Å². The molecule has 2 aromatic heterocycles. The number of hydrogen-bond donors (Lipinski definition) is 3. The molecule has 4 aromatic rings. The van der Waals surface area contributed by atoms with Crippen molar-refractivity contribution in [2.75, 3.05) is 18.0 Å². The molecule has 0 radical (unpaired) electrons. The van der Waals surface area contributed by atoms with Crippen LogP contribution in [0.2, 0.25) is 0 Å². The van der Waals surface area contributed by atoms with E-state index in [-0.39, 0.29) is 11.9 Å². The van der Waals surface area contributed by atoms with Crippen LogP contribution in [-0.4, -0.2) is 40.2 Å². The molecule has 1 aliphatic heterocycles. The highest BCUT2D eigenvalue weighted by atomic mass is 16.1. The van der Waals surface area contributed by atoms with Crippen molar-refractivity contribution in [3.63, 3.8) is 0 Å². The number of nitrogens with zero attached hydrogens (tertiary/aromatic N) is 2. The Bertz CT molecular complexity index is 1130. The minimum atomic E-state index is -0.0266.